The average molecular weight is 288 g/mol. The highest BCUT2D eigenvalue weighted by Crippen LogP contribution is 2.45. The van der Waals surface area contributed by atoms with Gasteiger partial charge in [-0.25, -0.2) is 4.79 Å². The maximum absolute atomic E-state index is 11.2. The SMILES string of the molecule is COc1c(O)c(O)cc(C(=O)O)c1N=Nc1ccccc1. The van der Waals surface area contributed by atoms with Crippen molar-refractivity contribution >= 4 is 17.3 Å². The van der Waals surface area contributed by atoms with Gasteiger partial charge in [0.15, 0.2) is 11.5 Å². The predicted octanol–water partition coefficient (Wildman–Crippen LogP) is 3.22. The Morgan fingerprint density at radius 2 is 1.81 bits per heavy atom. The van der Waals surface area contributed by atoms with Crippen LogP contribution in [-0.4, -0.2) is 28.4 Å². The third-order valence-corrected chi connectivity index (χ3v) is 2.67. The van der Waals surface area contributed by atoms with Crippen LogP contribution in [0.25, 0.3) is 0 Å². The normalized spacial score (nSPS) is 10.7. The zero-order valence-corrected chi connectivity index (χ0v) is 11.0. The van der Waals surface area contributed by atoms with E-state index in [1.807, 2.05) is 0 Å². The minimum Gasteiger partial charge on any atom is -0.504 e. The Labute approximate surface area is 119 Å². The number of carboxylic acids is 1. The van der Waals surface area contributed by atoms with Gasteiger partial charge in [-0.15, -0.1) is 5.11 Å². The van der Waals surface area contributed by atoms with Gasteiger partial charge in [-0.05, 0) is 12.1 Å². The second-order valence-corrected chi connectivity index (χ2v) is 4.01. The largest absolute Gasteiger partial charge is 0.504 e. The molecular formula is C14H12N2O5. The summed E-state index contributed by atoms with van der Waals surface area (Å²) >= 11 is 0. The van der Waals surface area contributed by atoms with E-state index in [4.69, 9.17) is 9.84 Å². The highest BCUT2D eigenvalue weighted by Gasteiger charge is 2.22. The number of ether oxygens (including phenoxy) is 1. The summed E-state index contributed by atoms with van der Waals surface area (Å²) in [6.45, 7) is 0. The smallest absolute Gasteiger partial charge is 0.338 e. The quantitative estimate of drug-likeness (QED) is 0.590. The number of carbonyl (C=O) groups is 1. The molecule has 7 nitrogen and oxygen atoms in total. The lowest BCUT2D eigenvalue weighted by Gasteiger charge is -2.10. The lowest BCUT2D eigenvalue weighted by atomic mass is 10.1. The first-order valence-electron chi connectivity index (χ1n) is 5.87. The molecule has 2 aromatic carbocycles. The van der Waals surface area contributed by atoms with Gasteiger partial charge in [-0.2, -0.15) is 5.11 Å². The van der Waals surface area contributed by atoms with Crippen molar-refractivity contribution in [3.05, 3.63) is 42.0 Å². The van der Waals surface area contributed by atoms with Crippen LogP contribution in [-0.2, 0) is 0 Å². The lowest BCUT2D eigenvalue weighted by Crippen LogP contribution is -1.98. The van der Waals surface area contributed by atoms with Crippen LogP contribution < -0.4 is 4.74 Å². The fourth-order valence-corrected chi connectivity index (χ4v) is 1.68. The molecule has 0 heterocycles. The van der Waals surface area contributed by atoms with Crippen molar-refractivity contribution in [2.75, 3.05) is 7.11 Å². The van der Waals surface area contributed by atoms with E-state index >= 15 is 0 Å². The number of carboxylic acid groups (broad SMARTS) is 1. The van der Waals surface area contributed by atoms with E-state index in [0.717, 1.165) is 6.07 Å². The van der Waals surface area contributed by atoms with Crippen molar-refractivity contribution in [3.8, 4) is 17.2 Å². The lowest BCUT2D eigenvalue weighted by molar-refractivity contribution is 0.0697. The monoisotopic (exact) mass is 288 g/mol. The number of benzene rings is 2. The van der Waals surface area contributed by atoms with Crippen molar-refractivity contribution < 1.29 is 24.9 Å². The number of phenols is 2. The summed E-state index contributed by atoms with van der Waals surface area (Å²) in [5.74, 6) is -2.79. The summed E-state index contributed by atoms with van der Waals surface area (Å²) in [6, 6.07) is 9.54. The number of nitrogens with zero attached hydrogens (tertiary/aromatic N) is 2. The number of methoxy groups -OCH3 is 1. The van der Waals surface area contributed by atoms with Crippen LogP contribution in [0.4, 0.5) is 11.4 Å². The minimum absolute atomic E-state index is 0.177. The molecule has 0 spiro atoms. The van der Waals surface area contributed by atoms with Gasteiger partial charge in [0.2, 0.25) is 5.75 Å². The van der Waals surface area contributed by atoms with E-state index in [-0.39, 0.29) is 17.0 Å². The standard InChI is InChI=1S/C14H12N2O5/c1-21-13-11(16-15-8-5-3-2-4-6-8)9(14(19)20)7-10(17)12(13)18/h2-7,17-18H,1H3,(H,19,20). The fraction of sp³-hybridized carbons (Fsp3) is 0.0714. The number of azo groups is 1. The van der Waals surface area contributed by atoms with Crippen LogP contribution in [0.2, 0.25) is 0 Å². The van der Waals surface area contributed by atoms with Crippen LogP contribution in [0.15, 0.2) is 46.6 Å². The Morgan fingerprint density at radius 1 is 1.14 bits per heavy atom. The molecule has 0 aromatic heterocycles. The van der Waals surface area contributed by atoms with Gasteiger partial charge in [-0.3, -0.25) is 0 Å². The molecule has 0 fully saturated rings. The second-order valence-electron chi connectivity index (χ2n) is 4.01. The van der Waals surface area contributed by atoms with Gasteiger partial charge in [0, 0.05) is 6.07 Å². The van der Waals surface area contributed by atoms with E-state index < -0.39 is 17.5 Å². The number of hydrogen-bond acceptors (Lipinski definition) is 6. The molecule has 21 heavy (non-hydrogen) atoms. The van der Waals surface area contributed by atoms with Crippen molar-refractivity contribution in [2.45, 2.75) is 0 Å². The van der Waals surface area contributed by atoms with Crippen molar-refractivity contribution in [2.24, 2.45) is 10.2 Å². The van der Waals surface area contributed by atoms with E-state index in [9.17, 15) is 15.0 Å². The van der Waals surface area contributed by atoms with Crippen molar-refractivity contribution in [1.29, 1.82) is 0 Å². The fourth-order valence-electron chi connectivity index (χ4n) is 1.68. The maximum Gasteiger partial charge on any atom is 0.338 e. The summed E-state index contributed by atoms with van der Waals surface area (Å²) in [7, 11) is 1.22. The van der Waals surface area contributed by atoms with E-state index in [1.165, 1.54) is 7.11 Å². The van der Waals surface area contributed by atoms with E-state index in [2.05, 4.69) is 10.2 Å². The molecule has 0 unspecified atom stereocenters. The first-order valence-corrected chi connectivity index (χ1v) is 5.87. The molecule has 2 rings (SSSR count). The maximum atomic E-state index is 11.2. The number of hydrogen-bond donors (Lipinski definition) is 3. The van der Waals surface area contributed by atoms with Gasteiger partial charge in [0.25, 0.3) is 0 Å². The third-order valence-electron chi connectivity index (χ3n) is 2.67. The Morgan fingerprint density at radius 3 is 2.38 bits per heavy atom. The highest BCUT2D eigenvalue weighted by molar-refractivity contribution is 5.96. The van der Waals surface area contributed by atoms with Crippen LogP contribution in [0.1, 0.15) is 10.4 Å². The molecule has 7 heteroatoms. The van der Waals surface area contributed by atoms with E-state index in [1.54, 1.807) is 30.3 Å². The van der Waals surface area contributed by atoms with Crippen LogP contribution >= 0.6 is 0 Å². The van der Waals surface area contributed by atoms with Crippen LogP contribution in [0.5, 0.6) is 17.2 Å². The molecule has 0 aliphatic rings. The summed E-state index contributed by atoms with van der Waals surface area (Å²) in [4.78, 5) is 11.2. The van der Waals surface area contributed by atoms with Crippen LogP contribution in [0.3, 0.4) is 0 Å². The molecular weight excluding hydrogens is 276 g/mol. The van der Waals surface area contributed by atoms with Crippen LogP contribution in [0, 0.1) is 0 Å². The zero-order chi connectivity index (χ0) is 15.4. The Hall–Kier alpha value is -3.09. The van der Waals surface area contributed by atoms with Gasteiger partial charge in [0.1, 0.15) is 5.69 Å². The first-order chi connectivity index (χ1) is 10.0. The summed E-state index contributed by atoms with van der Waals surface area (Å²) < 4.78 is 4.91. The molecule has 0 radical (unpaired) electrons. The average Bonchev–Trinajstić information content (AvgIpc) is 2.48. The first kappa shape index (κ1) is 14.3. The molecule has 3 N–H and O–H groups in total. The van der Waals surface area contributed by atoms with Gasteiger partial charge >= 0.3 is 5.97 Å². The number of aromatic carboxylic acids is 1. The molecule has 0 atom stereocenters. The van der Waals surface area contributed by atoms with Gasteiger partial charge in [0.05, 0.1) is 18.4 Å². The topological polar surface area (TPSA) is 112 Å². The van der Waals surface area contributed by atoms with Gasteiger partial charge < -0.3 is 20.1 Å². The van der Waals surface area contributed by atoms with Gasteiger partial charge in [-0.1, -0.05) is 18.2 Å². The summed E-state index contributed by atoms with van der Waals surface area (Å²) in [5.41, 5.74) is -0.00515. The van der Waals surface area contributed by atoms with Crippen molar-refractivity contribution in [1.82, 2.24) is 0 Å². The molecule has 0 aliphatic heterocycles. The molecule has 0 aliphatic carbocycles. The third kappa shape index (κ3) is 2.92. The molecule has 0 bridgehead atoms. The predicted molar refractivity (Wildman–Crippen MR) is 73.9 cm³/mol. The zero-order valence-electron chi connectivity index (χ0n) is 11.0. The summed E-state index contributed by atoms with van der Waals surface area (Å²) in [5, 5.41) is 36.1. The highest BCUT2D eigenvalue weighted by atomic mass is 16.5. The Balaban J connectivity index is 2.58. The molecule has 0 amide bonds. The molecule has 0 saturated carbocycles. The number of phenolic OH excluding ortho intramolecular Hbond substituents is 2. The Kier molecular flexibility index (Phi) is 4.03. The summed E-state index contributed by atoms with van der Waals surface area (Å²) in [6.07, 6.45) is 0. The second kappa shape index (κ2) is 5.91. The Bertz CT molecular complexity index is 698. The molecule has 0 saturated heterocycles. The molecule has 2 aromatic rings. The number of rotatable bonds is 4. The number of aromatic hydroxyl groups is 2. The molecule has 108 valence electrons. The minimum atomic E-state index is -1.33. The van der Waals surface area contributed by atoms with E-state index in [0.29, 0.717) is 5.69 Å². The van der Waals surface area contributed by atoms with Crippen molar-refractivity contribution in [3.63, 3.8) is 0 Å².